The third-order valence-corrected chi connectivity index (χ3v) is 1.29. The Hall–Kier alpha value is -0.970. The molecule has 0 saturated carbocycles. The molecule has 0 radical (unpaired) electrons. The van der Waals surface area contributed by atoms with Crippen molar-refractivity contribution in [1.29, 1.82) is 0 Å². The van der Waals surface area contributed by atoms with Crippen molar-refractivity contribution < 1.29 is 4.79 Å². The Morgan fingerprint density at radius 3 is 2.60 bits per heavy atom. The Morgan fingerprint density at radius 2 is 2.40 bits per heavy atom. The number of rotatable bonds is 0. The van der Waals surface area contributed by atoms with E-state index in [2.05, 4.69) is 10.1 Å². The zero-order chi connectivity index (χ0) is 7.72. The van der Waals surface area contributed by atoms with Crippen LogP contribution >= 0.6 is 12.2 Å². The van der Waals surface area contributed by atoms with Gasteiger partial charge >= 0.3 is 0 Å². The molecule has 0 aliphatic carbocycles. The van der Waals surface area contributed by atoms with Gasteiger partial charge in [-0.3, -0.25) is 9.89 Å². The molecule has 1 N–H and O–H groups in total. The van der Waals surface area contributed by atoms with Gasteiger partial charge in [0.25, 0.3) is 0 Å². The molecule has 0 aromatic carbocycles. The van der Waals surface area contributed by atoms with E-state index in [9.17, 15) is 4.79 Å². The van der Waals surface area contributed by atoms with E-state index in [0.717, 1.165) is 0 Å². The van der Waals surface area contributed by atoms with Crippen LogP contribution in [0.5, 0.6) is 0 Å². The molecule has 0 amide bonds. The number of hydrogen-bond acceptors (Lipinski definition) is 3. The number of aromatic nitrogens is 3. The molecule has 0 saturated heterocycles. The molecule has 0 spiro atoms. The van der Waals surface area contributed by atoms with Crippen molar-refractivity contribution in [3.05, 3.63) is 10.6 Å². The fourth-order valence-corrected chi connectivity index (χ4v) is 0.928. The number of nitrogens with zero attached hydrogens (tertiary/aromatic N) is 2. The second-order valence-corrected chi connectivity index (χ2v) is 2.32. The number of carbonyl (C=O) groups excluding carboxylic acids is 1. The molecule has 0 bridgehead atoms. The lowest BCUT2D eigenvalue weighted by Crippen LogP contribution is -2.09. The first-order chi connectivity index (χ1) is 4.61. The predicted octanol–water partition coefficient (Wildman–Crippen LogP) is 0.909. The number of nitrogens with one attached hydrogen (secondary N) is 1. The molecule has 0 fully saturated rings. The molecule has 0 atom stereocenters. The van der Waals surface area contributed by atoms with E-state index >= 15 is 0 Å². The summed E-state index contributed by atoms with van der Waals surface area (Å²) in [7, 11) is 0. The van der Waals surface area contributed by atoms with Crippen LogP contribution in [0.1, 0.15) is 17.5 Å². The highest BCUT2D eigenvalue weighted by molar-refractivity contribution is 7.71. The third kappa shape index (κ3) is 1.13. The molecule has 1 aromatic rings. The Labute approximate surface area is 62.9 Å². The second-order valence-electron chi connectivity index (χ2n) is 1.93. The van der Waals surface area contributed by atoms with Crippen LogP contribution in [-0.2, 0) is 0 Å². The first kappa shape index (κ1) is 7.14. The van der Waals surface area contributed by atoms with Gasteiger partial charge in [0, 0.05) is 6.92 Å². The highest BCUT2D eigenvalue weighted by atomic mass is 32.1. The predicted molar refractivity (Wildman–Crippen MR) is 38.4 cm³/mol. The zero-order valence-electron chi connectivity index (χ0n) is 5.71. The lowest BCUT2D eigenvalue weighted by molar-refractivity contribution is 0.0918. The van der Waals surface area contributed by atoms with Crippen molar-refractivity contribution in [3.8, 4) is 0 Å². The van der Waals surface area contributed by atoms with Crippen molar-refractivity contribution in [1.82, 2.24) is 14.8 Å². The van der Waals surface area contributed by atoms with Gasteiger partial charge in [0.2, 0.25) is 10.7 Å². The van der Waals surface area contributed by atoms with Gasteiger partial charge in [-0.05, 0) is 19.1 Å². The number of hydrogen-bond donors (Lipinski definition) is 1. The summed E-state index contributed by atoms with van der Waals surface area (Å²) in [5.41, 5.74) is 0. The molecular weight excluding hydrogens is 150 g/mol. The monoisotopic (exact) mass is 157 g/mol. The molecule has 5 heteroatoms. The van der Waals surface area contributed by atoms with Gasteiger partial charge in [-0.15, -0.1) is 0 Å². The fourth-order valence-electron chi connectivity index (χ4n) is 0.705. The minimum atomic E-state index is -0.110. The van der Waals surface area contributed by atoms with E-state index in [4.69, 9.17) is 12.2 Å². The standard InChI is InChI=1S/C5H7N3OS/c1-3-6-5(10)7-8(3)4(2)9/h1-2H3,(H,7,10). The maximum absolute atomic E-state index is 10.7. The van der Waals surface area contributed by atoms with Crippen LogP contribution in [0.2, 0.25) is 0 Å². The molecule has 10 heavy (non-hydrogen) atoms. The first-order valence-corrected chi connectivity index (χ1v) is 3.18. The molecule has 0 aliphatic heterocycles. The van der Waals surface area contributed by atoms with E-state index in [0.29, 0.717) is 10.6 Å². The summed E-state index contributed by atoms with van der Waals surface area (Å²) in [4.78, 5) is 14.6. The van der Waals surface area contributed by atoms with Crippen LogP contribution in [0.25, 0.3) is 0 Å². The van der Waals surface area contributed by atoms with Crippen molar-refractivity contribution in [2.24, 2.45) is 0 Å². The average molecular weight is 157 g/mol. The first-order valence-electron chi connectivity index (χ1n) is 2.78. The topological polar surface area (TPSA) is 50.7 Å². The van der Waals surface area contributed by atoms with Crippen LogP contribution in [0.3, 0.4) is 0 Å². The van der Waals surface area contributed by atoms with Crippen LogP contribution in [-0.4, -0.2) is 20.7 Å². The van der Waals surface area contributed by atoms with Crippen LogP contribution in [0.4, 0.5) is 0 Å². The van der Waals surface area contributed by atoms with Gasteiger partial charge in [-0.1, -0.05) is 0 Å². The zero-order valence-corrected chi connectivity index (χ0v) is 6.53. The average Bonchev–Trinajstić information content (AvgIpc) is 2.10. The quantitative estimate of drug-likeness (QED) is 0.569. The molecule has 1 aromatic heterocycles. The van der Waals surface area contributed by atoms with Crippen molar-refractivity contribution in [2.75, 3.05) is 0 Å². The largest absolute Gasteiger partial charge is 0.273 e. The van der Waals surface area contributed by atoms with Crippen LogP contribution in [0.15, 0.2) is 0 Å². The number of H-pyrrole nitrogens is 1. The summed E-state index contributed by atoms with van der Waals surface area (Å²) in [6, 6.07) is 0. The third-order valence-electron chi connectivity index (χ3n) is 1.11. The summed E-state index contributed by atoms with van der Waals surface area (Å²) in [5.74, 6) is 0.485. The number of aromatic amines is 1. The Morgan fingerprint density at radius 1 is 1.80 bits per heavy atom. The highest BCUT2D eigenvalue weighted by Crippen LogP contribution is 1.91. The SMILES string of the molecule is CC(=O)n1[nH]c(=S)nc1C. The Balaban J connectivity index is 3.28. The van der Waals surface area contributed by atoms with Gasteiger partial charge in [0.15, 0.2) is 0 Å². The number of aryl methyl sites for hydroxylation is 1. The van der Waals surface area contributed by atoms with Crippen molar-refractivity contribution in [3.63, 3.8) is 0 Å². The summed E-state index contributed by atoms with van der Waals surface area (Å²) in [6.45, 7) is 3.16. The molecular formula is C5H7N3OS. The van der Waals surface area contributed by atoms with Crippen LogP contribution < -0.4 is 0 Å². The molecule has 0 unspecified atom stereocenters. The summed E-state index contributed by atoms with van der Waals surface area (Å²) >= 11 is 4.70. The maximum Gasteiger partial charge on any atom is 0.243 e. The van der Waals surface area contributed by atoms with E-state index < -0.39 is 0 Å². The maximum atomic E-state index is 10.7. The molecule has 4 nitrogen and oxygen atoms in total. The van der Waals surface area contributed by atoms with Crippen molar-refractivity contribution >= 4 is 18.1 Å². The minimum absolute atomic E-state index is 0.110. The summed E-state index contributed by atoms with van der Waals surface area (Å²) < 4.78 is 1.65. The molecule has 1 rings (SSSR count). The van der Waals surface area contributed by atoms with Gasteiger partial charge < -0.3 is 0 Å². The highest BCUT2D eigenvalue weighted by Gasteiger charge is 2.01. The number of carbonyl (C=O) groups is 1. The van der Waals surface area contributed by atoms with Gasteiger partial charge in [0.05, 0.1) is 0 Å². The van der Waals surface area contributed by atoms with Gasteiger partial charge in [0.1, 0.15) is 5.82 Å². The molecule has 0 aliphatic rings. The fraction of sp³-hybridized carbons (Fsp3) is 0.400. The Bertz CT molecular complexity index is 311. The lowest BCUT2D eigenvalue weighted by Gasteiger charge is -1.93. The van der Waals surface area contributed by atoms with Crippen LogP contribution in [0, 0.1) is 11.7 Å². The normalized spacial score (nSPS) is 9.80. The van der Waals surface area contributed by atoms with Gasteiger partial charge in [-0.25, -0.2) is 9.67 Å². The van der Waals surface area contributed by atoms with E-state index in [1.165, 1.54) is 11.6 Å². The summed E-state index contributed by atoms with van der Waals surface area (Å²) in [6.07, 6.45) is 0. The van der Waals surface area contributed by atoms with E-state index in [1.54, 1.807) is 6.92 Å². The lowest BCUT2D eigenvalue weighted by atomic mass is 10.6. The van der Waals surface area contributed by atoms with Gasteiger partial charge in [-0.2, -0.15) is 0 Å². The van der Waals surface area contributed by atoms with E-state index in [-0.39, 0.29) is 5.91 Å². The molecule has 54 valence electrons. The molecule has 1 heterocycles. The second kappa shape index (κ2) is 2.34. The minimum Gasteiger partial charge on any atom is -0.273 e. The Kier molecular flexibility index (Phi) is 1.67. The van der Waals surface area contributed by atoms with E-state index in [1.807, 2.05) is 0 Å². The summed E-state index contributed by atoms with van der Waals surface area (Å²) in [5, 5.41) is 2.61. The smallest absolute Gasteiger partial charge is 0.243 e. The van der Waals surface area contributed by atoms with Crippen molar-refractivity contribution in [2.45, 2.75) is 13.8 Å².